The Labute approximate surface area is 134 Å². The van der Waals surface area contributed by atoms with E-state index in [2.05, 4.69) is 51.6 Å². The summed E-state index contributed by atoms with van der Waals surface area (Å²) in [5.41, 5.74) is 2.42. The molecule has 0 fully saturated rings. The van der Waals surface area contributed by atoms with E-state index in [1.165, 1.54) is 5.56 Å². The molecule has 0 heterocycles. The standard InChI is InChI=1S/C17H20BrNO2/c1-20-16-11-15(18)10-14(17(16)21-2)12-19-9-8-13-6-4-3-5-7-13/h3-7,10-11,19H,8-9,12H2,1-2H3. The predicted molar refractivity (Wildman–Crippen MR) is 89.1 cm³/mol. The molecule has 0 aromatic heterocycles. The van der Waals surface area contributed by atoms with Crippen LogP contribution in [-0.4, -0.2) is 20.8 Å². The molecule has 0 saturated heterocycles. The fraction of sp³-hybridized carbons (Fsp3) is 0.294. The van der Waals surface area contributed by atoms with Crippen LogP contribution in [0.15, 0.2) is 46.9 Å². The summed E-state index contributed by atoms with van der Waals surface area (Å²) >= 11 is 3.50. The normalized spacial score (nSPS) is 10.4. The third-order valence-corrected chi connectivity index (χ3v) is 3.73. The van der Waals surface area contributed by atoms with Crippen LogP contribution in [0.4, 0.5) is 0 Å². The van der Waals surface area contributed by atoms with Crippen molar-refractivity contribution in [3.05, 3.63) is 58.1 Å². The summed E-state index contributed by atoms with van der Waals surface area (Å²) in [6, 6.07) is 14.4. The first-order chi connectivity index (χ1) is 10.2. The minimum Gasteiger partial charge on any atom is -0.493 e. The fourth-order valence-corrected chi connectivity index (χ4v) is 2.72. The van der Waals surface area contributed by atoms with E-state index < -0.39 is 0 Å². The molecule has 3 nitrogen and oxygen atoms in total. The Morgan fingerprint density at radius 3 is 2.48 bits per heavy atom. The van der Waals surface area contributed by atoms with Crippen LogP contribution < -0.4 is 14.8 Å². The number of hydrogen-bond donors (Lipinski definition) is 1. The topological polar surface area (TPSA) is 30.5 Å². The van der Waals surface area contributed by atoms with E-state index in [0.717, 1.165) is 41.0 Å². The summed E-state index contributed by atoms with van der Waals surface area (Å²) < 4.78 is 11.8. The van der Waals surface area contributed by atoms with Crippen molar-refractivity contribution in [3.63, 3.8) is 0 Å². The average Bonchev–Trinajstić information content (AvgIpc) is 2.52. The summed E-state index contributed by atoms with van der Waals surface area (Å²) in [5, 5.41) is 3.45. The zero-order valence-corrected chi connectivity index (χ0v) is 13.9. The summed E-state index contributed by atoms with van der Waals surface area (Å²) in [5.74, 6) is 1.53. The van der Waals surface area contributed by atoms with E-state index in [0.29, 0.717) is 0 Å². The van der Waals surface area contributed by atoms with Gasteiger partial charge in [0.15, 0.2) is 11.5 Å². The Morgan fingerprint density at radius 2 is 1.81 bits per heavy atom. The molecule has 2 aromatic rings. The molecule has 0 aliphatic carbocycles. The highest BCUT2D eigenvalue weighted by Gasteiger charge is 2.11. The first kappa shape index (κ1) is 15.9. The highest BCUT2D eigenvalue weighted by atomic mass is 79.9. The molecule has 0 saturated carbocycles. The molecule has 0 bridgehead atoms. The van der Waals surface area contributed by atoms with Crippen molar-refractivity contribution >= 4 is 15.9 Å². The minimum atomic E-state index is 0.742. The molecule has 0 aliphatic rings. The fourth-order valence-electron chi connectivity index (χ4n) is 2.24. The quantitative estimate of drug-likeness (QED) is 0.771. The third-order valence-electron chi connectivity index (χ3n) is 3.27. The molecule has 0 atom stereocenters. The van der Waals surface area contributed by atoms with Crippen molar-refractivity contribution in [2.24, 2.45) is 0 Å². The summed E-state index contributed by atoms with van der Waals surface area (Å²) in [6.07, 6.45) is 1.01. The number of hydrogen-bond acceptors (Lipinski definition) is 3. The van der Waals surface area contributed by atoms with Gasteiger partial charge in [-0.3, -0.25) is 0 Å². The summed E-state index contributed by atoms with van der Waals surface area (Å²) in [4.78, 5) is 0. The van der Waals surface area contributed by atoms with E-state index in [-0.39, 0.29) is 0 Å². The number of benzene rings is 2. The first-order valence-corrected chi connectivity index (χ1v) is 7.69. The van der Waals surface area contributed by atoms with Gasteiger partial charge in [-0.25, -0.2) is 0 Å². The van der Waals surface area contributed by atoms with Crippen molar-refractivity contribution < 1.29 is 9.47 Å². The Hall–Kier alpha value is -1.52. The van der Waals surface area contributed by atoms with Gasteiger partial charge < -0.3 is 14.8 Å². The lowest BCUT2D eigenvalue weighted by atomic mass is 10.1. The van der Waals surface area contributed by atoms with Gasteiger partial charge >= 0.3 is 0 Å². The van der Waals surface area contributed by atoms with Gasteiger partial charge in [-0.2, -0.15) is 0 Å². The van der Waals surface area contributed by atoms with Crippen molar-refractivity contribution in [1.29, 1.82) is 0 Å². The van der Waals surface area contributed by atoms with Crippen LogP contribution in [0.2, 0.25) is 0 Å². The molecule has 21 heavy (non-hydrogen) atoms. The second kappa shape index (κ2) is 8.05. The van der Waals surface area contributed by atoms with Gasteiger partial charge in [0.2, 0.25) is 0 Å². The molecule has 0 unspecified atom stereocenters. The maximum atomic E-state index is 5.45. The highest BCUT2D eigenvalue weighted by Crippen LogP contribution is 2.34. The Morgan fingerprint density at radius 1 is 1.05 bits per heavy atom. The van der Waals surface area contributed by atoms with E-state index in [4.69, 9.17) is 9.47 Å². The minimum absolute atomic E-state index is 0.742. The molecule has 2 aromatic carbocycles. The lowest BCUT2D eigenvalue weighted by Gasteiger charge is -2.14. The summed E-state index contributed by atoms with van der Waals surface area (Å²) in [7, 11) is 3.32. The lowest BCUT2D eigenvalue weighted by molar-refractivity contribution is 0.350. The second-order valence-corrected chi connectivity index (χ2v) is 5.63. The van der Waals surface area contributed by atoms with Crippen LogP contribution in [0, 0.1) is 0 Å². The number of ether oxygens (including phenoxy) is 2. The number of rotatable bonds is 7. The third kappa shape index (κ3) is 4.48. The molecule has 4 heteroatoms. The van der Waals surface area contributed by atoms with Crippen molar-refractivity contribution in [1.82, 2.24) is 5.32 Å². The zero-order chi connectivity index (χ0) is 15.1. The van der Waals surface area contributed by atoms with Gasteiger partial charge in [0, 0.05) is 16.6 Å². The molecule has 0 radical (unpaired) electrons. The SMILES string of the molecule is COc1cc(Br)cc(CNCCc2ccccc2)c1OC. The molecule has 0 spiro atoms. The highest BCUT2D eigenvalue weighted by molar-refractivity contribution is 9.10. The predicted octanol–water partition coefficient (Wildman–Crippen LogP) is 3.80. The number of halogens is 1. The smallest absolute Gasteiger partial charge is 0.165 e. The van der Waals surface area contributed by atoms with Crippen LogP contribution in [-0.2, 0) is 13.0 Å². The van der Waals surface area contributed by atoms with E-state index in [9.17, 15) is 0 Å². The van der Waals surface area contributed by atoms with E-state index >= 15 is 0 Å². The van der Waals surface area contributed by atoms with Crippen LogP contribution >= 0.6 is 15.9 Å². The Kier molecular flexibility index (Phi) is 6.08. The van der Waals surface area contributed by atoms with Crippen LogP contribution in [0.25, 0.3) is 0 Å². The summed E-state index contributed by atoms with van der Waals surface area (Å²) in [6.45, 7) is 1.66. The molecule has 1 N–H and O–H groups in total. The van der Waals surface area contributed by atoms with Crippen LogP contribution in [0.3, 0.4) is 0 Å². The largest absolute Gasteiger partial charge is 0.493 e. The number of methoxy groups -OCH3 is 2. The molecule has 0 amide bonds. The molecule has 112 valence electrons. The van der Waals surface area contributed by atoms with Crippen LogP contribution in [0.1, 0.15) is 11.1 Å². The van der Waals surface area contributed by atoms with Crippen molar-refractivity contribution in [2.75, 3.05) is 20.8 Å². The molecule has 0 aliphatic heterocycles. The van der Waals surface area contributed by atoms with Crippen molar-refractivity contribution in [3.8, 4) is 11.5 Å². The Bertz CT molecular complexity index is 573. The maximum Gasteiger partial charge on any atom is 0.165 e. The molecule has 2 rings (SSSR count). The second-order valence-electron chi connectivity index (χ2n) is 4.71. The van der Waals surface area contributed by atoms with Gasteiger partial charge in [0.25, 0.3) is 0 Å². The van der Waals surface area contributed by atoms with Gasteiger partial charge in [-0.05, 0) is 30.7 Å². The number of nitrogens with one attached hydrogen (secondary N) is 1. The van der Waals surface area contributed by atoms with Crippen molar-refractivity contribution in [2.45, 2.75) is 13.0 Å². The lowest BCUT2D eigenvalue weighted by Crippen LogP contribution is -2.17. The average molecular weight is 350 g/mol. The van der Waals surface area contributed by atoms with E-state index in [1.807, 2.05) is 12.1 Å². The molecular weight excluding hydrogens is 330 g/mol. The zero-order valence-electron chi connectivity index (χ0n) is 12.4. The first-order valence-electron chi connectivity index (χ1n) is 6.89. The molecular formula is C17H20BrNO2. The monoisotopic (exact) mass is 349 g/mol. The van der Waals surface area contributed by atoms with Crippen LogP contribution in [0.5, 0.6) is 11.5 Å². The van der Waals surface area contributed by atoms with Gasteiger partial charge in [-0.1, -0.05) is 46.3 Å². The maximum absolute atomic E-state index is 5.45. The van der Waals surface area contributed by atoms with Gasteiger partial charge in [0.05, 0.1) is 14.2 Å². The van der Waals surface area contributed by atoms with E-state index in [1.54, 1.807) is 14.2 Å². The van der Waals surface area contributed by atoms with Gasteiger partial charge in [0.1, 0.15) is 0 Å². The van der Waals surface area contributed by atoms with Gasteiger partial charge in [-0.15, -0.1) is 0 Å². The Balaban J connectivity index is 1.95.